The van der Waals surface area contributed by atoms with Gasteiger partial charge in [0.05, 0.1) is 0 Å². The van der Waals surface area contributed by atoms with Gasteiger partial charge in [-0.05, 0) is 42.9 Å². The second kappa shape index (κ2) is 5.61. The maximum atomic E-state index is 13.1. The van der Waals surface area contributed by atoms with Gasteiger partial charge in [-0.2, -0.15) is 0 Å². The molecule has 1 aliphatic carbocycles. The van der Waals surface area contributed by atoms with E-state index in [1.807, 2.05) is 12.1 Å². The average molecular weight is 237 g/mol. The van der Waals surface area contributed by atoms with Gasteiger partial charge in [0.15, 0.2) is 0 Å². The summed E-state index contributed by atoms with van der Waals surface area (Å²) in [4.78, 5) is 0. The molecule has 2 rings (SSSR count). The van der Waals surface area contributed by atoms with Crippen LogP contribution in [-0.2, 0) is 6.54 Å². The van der Waals surface area contributed by atoms with E-state index in [4.69, 9.17) is 0 Å². The predicted molar refractivity (Wildman–Crippen MR) is 66.2 cm³/mol. The molecule has 1 aromatic carbocycles. The van der Waals surface area contributed by atoms with Crippen LogP contribution in [0.25, 0.3) is 0 Å². The zero-order valence-corrected chi connectivity index (χ0v) is 10.2. The SMILES string of the molecule is Cc1cc(CNC2CCCC2CO)ccc1F. The molecule has 2 N–H and O–H groups in total. The molecule has 0 aromatic heterocycles. The number of aliphatic hydroxyl groups excluding tert-OH is 1. The lowest BCUT2D eigenvalue weighted by atomic mass is 10.0. The van der Waals surface area contributed by atoms with Gasteiger partial charge < -0.3 is 10.4 Å². The Bertz CT molecular complexity index is 380. The summed E-state index contributed by atoms with van der Waals surface area (Å²) in [6.45, 7) is 2.80. The number of halogens is 1. The minimum atomic E-state index is -0.150. The van der Waals surface area contributed by atoms with Crippen LogP contribution in [0.4, 0.5) is 4.39 Å². The molecule has 2 nitrogen and oxygen atoms in total. The van der Waals surface area contributed by atoms with Crippen molar-refractivity contribution in [3.63, 3.8) is 0 Å². The fourth-order valence-electron chi connectivity index (χ4n) is 2.59. The maximum absolute atomic E-state index is 13.1. The summed E-state index contributed by atoms with van der Waals surface area (Å²) in [7, 11) is 0. The number of rotatable bonds is 4. The van der Waals surface area contributed by atoms with Crippen LogP contribution in [0.5, 0.6) is 0 Å². The third kappa shape index (κ3) is 3.05. The van der Waals surface area contributed by atoms with Gasteiger partial charge in [0.1, 0.15) is 5.82 Å². The van der Waals surface area contributed by atoms with E-state index in [9.17, 15) is 9.50 Å². The number of nitrogens with one attached hydrogen (secondary N) is 1. The largest absolute Gasteiger partial charge is 0.396 e. The maximum Gasteiger partial charge on any atom is 0.126 e. The molecule has 3 heteroatoms. The van der Waals surface area contributed by atoms with Crippen molar-refractivity contribution in [2.24, 2.45) is 5.92 Å². The first-order valence-electron chi connectivity index (χ1n) is 6.30. The fourth-order valence-corrected chi connectivity index (χ4v) is 2.59. The van der Waals surface area contributed by atoms with E-state index >= 15 is 0 Å². The molecule has 2 unspecified atom stereocenters. The van der Waals surface area contributed by atoms with Crippen LogP contribution in [0.3, 0.4) is 0 Å². The summed E-state index contributed by atoms with van der Waals surface area (Å²) >= 11 is 0. The topological polar surface area (TPSA) is 32.3 Å². The average Bonchev–Trinajstić information content (AvgIpc) is 2.78. The molecule has 0 radical (unpaired) electrons. The van der Waals surface area contributed by atoms with E-state index in [1.165, 1.54) is 12.5 Å². The number of aliphatic hydroxyl groups is 1. The minimum Gasteiger partial charge on any atom is -0.396 e. The van der Waals surface area contributed by atoms with Crippen LogP contribution in [0.2, 0.25) is 0 Å². The van der Waals surface area contributed by atoms with Gasteiger partial charge in [0.2, 0.25) is 0 Å². The highest BCUT2D eigenvalue weighted by Crippen LogP contribution is 2.25. The summed E-state index contributed by atoms with van der Waals surface area (Å²) in [5, 5.41) is 12.7. The van der Waals surface area contributed by atoms with Gasteiger partial charge >= 0.3 is 0 Å². The first-order chi connectivity index (χ1) is 8.20. The molecule has 94 valence electrons. The van der Waals surface area contributed by atoms with Crippen LogP contribution in [0.15, 0.2) is 18.2 Å². The first-order valence-corrected chi connectivity index (χ1v) is 6.30. The molecule has 0 amide bonds. The van der Waals surface area contributed by atoms with Crippen LogP contribution in [0, 0.1) is 18.7 Å². The van der Waals surface area contributed by atoms with Crippen molar-refractivity contribution in [2.45, 2.75) is 38.8 Å². The summed E-state index contributed by atoms with van der Waals surface area (Å²) < 4.78 is 13.1. The molecule has 0 bridgehead atoms. The molecule has 0 heterocycles. The predicted octanol–water partition coefficient (Wildman–Crippen LogP) is 2.38. The second-order valence-corrected chi connectivity index (χ2v) is 4.94. The number of aryl methyl sites for hydroxylation is 1. The van der Waals surface area contributed by atoms with Crippen molar-refractivity contribution in [3.05, 3.63) is 35.1 Å². The van der Waals surface area contributed by atoms with Crippen LogP contribution >= 0.6 is 0 Å². The molecule has 1 aromatic rings. The fraction of sp³-hybridized carbons (Fsp3) is 0.571. The van der Waals surface area contributed by atoms with Gasteiger partial charge in [0.25, 0.3) is 0 Å². The first kappa shape index (κ1) is 12.5. The van der Waals surface area contributed by atoms with Gasteiger partial charge in [-0.3, -0.25) is 0 Å². The lowest BCUT2D eigenvalue weighted by Gasteiger charge is -2.19. The Morgan fingerprint density at radius 1 is 1.41 bits per heavy atom. The zero-order chi connectivity index (χ0) is 12.3. The van der Waals surface area contributed by atoms with Gasteiger partial charge in [-0.15, -0.1) is 0 Å². The van der Waals surface area contributed by atoms with E-state index in [2.05, 4.69) is 5.32 Å². The van der Waals surface area contributed by atoms with Crippen molar-refractivity contribution >= 4 is 0 Å². The normalized spacial score (nSPS) is 24.2. The van der Waals surface area contributed by atoms with Crippen LogP contribution in [-0.4, -0.2) is 17.8 Å². The molecule has 1 aliphatic rings. The lowest BCUT2D eigenvalue weighted by Crippen LogP contribution is -2.33. The molecule has 0 aliphatic heterocycles. The standard InChI is InChI=1S/C14H20FNO/c1-10-7-11(5-6-13(10)15)8-16-14-4-2-3-12(14)9-17/h5-7,12,14,16-17H,2-4,8-9H2,1H3. The summed E-state index contributed by atoms with van der Waals surface area (Å²) in [5.41, 5.74) is 1.79. The summed E-state index contributed by atoms with van der Waals surface area (Å²) in [6.07, 6.45) is 3.42. The Labute approximate surface area is 102 Å². The number of hydrogen-bond donors (Lipinski definition) is 2. The van der Waals surface area contributed by atoms with Crippen LogP contribution < -0.4 is 5.32 Å². The highest BCUT2D eigenvalue weighted by Gasteiger charge is 2.25. The molecular weight excluding hydrogens is 217 g/mol. The van der Waals surface area contributed by atoms with Crippen molar-refractivity contribution in [1.82, 2.24) is 5.32 Å². The van der Waals surface area contributed by atoms with Crippen LogP contribution in [0.1, 0.15) is 30.4 Å². The van der Waals surface area contributed by atoms with Gasteiger partial charge in [0, 0.05) is 19.2 Å². The lowest BCUT2D eigenvalue weighted by molar-refractivity contribution is 0.205. The van der Waals surface area contributed by atoms with Crippen molar-refractivity contribution in [1.29, 1.82) is 0 Å². The smallest absolute Gasteiger partial charge is 0.126 e. The van der Waals surface area contributed by atoms with E-state index in [1.54, 1.807) is 6.92 Å². The molecule has 17 heavy (non-hydrogen) atoms. The van der Waals surface area contributed by atoms with Crippen molar-refractivity contribution < 1.29 is 9.50 Å². The summed E-state index contributed by atoms with van der Waals surface area (Å²) in [6, 6.07) is 5.62. The van der Waals surface area contributed by atoms with E-state index in [-0.39, 0.29) is 12.4 Å². The van der Waals surface area contributed by atoms with E-state index in [0.717, 1.165) is 24.9 Å². The molecule has 0 spiro atoms. The molecular formula is C14H20FNO. The molecule has 0 saturated heterocycles. The molecule has 1 saturated carbocycles. The molecule has 1 fully saturated rings. The number of benzene rings is 1. The van der Waals surface area contributed by atoms with E-state index in [0.29, 0.717) is 17.5 Å². The van der Waals surface area contributed by atoms with Gasteiger partial charge in [-0.25, -0.2) is 4.39 Å². The minimum absolute atomic E-state index is 0.150. The quantitative estimate of drug-likeness (QED) is 0.842. The molecule has 2 atom stereocenters. The Kier molecular flexibility index (Phi) is 4.13. The Hall–Kier alpha value is -0.930. The third-order valence-corrected chi connectivity index (χ3v) is 3.68. The Balaban J connectivity index is 1.91. The Morgan fingerprint density at radius 2 is 2.24 bits per heavy atom. The second-order valence-electron chi connectivity index (χ2n) is 4.94. The zero-order valence-electron chi connectivity index (χ0n) is 10.2. The monoisotopic (exact) mass is 237 g/mol. The highest BCUT2D eigenvalue weighted by atomic mass is 19.1. The Morgan fingerprint density at radius 3 is 2.94 bits per heavy atom. The van der Waals surface area contributed by atoms with Crippen molar-refractivity contribution in [2.75, 3.05) is 6.61 Å². The highest BCUT2D eigenvalue weighted by molar-refractivity contribution is 5.23. The van der Waals surface area contributed by atoms with Gasteiger partial charge in [-0.1, -0.05) is 18.6 Å². The third-order valence-electron chi connectivity index (χ3n) is 3.68. The number of hydrogen-bond acceptors (Lipinski definition) is 2. The van der Waals surface area contributed by atoms with Crippen molar-refractivity contribution in [3.8, 4) is 0 Å². The van der Waals surface area contributed by atoms with E-state index < -0.39 is 0 Å². The summed E-state index contributed by atoms with van der Waals surface area (Å²) in [5.74, 6) is 0.236.